The number of benzene rings is 1. The molecule has 0 fully saturated rings. The van der Waals surface area contributed by atoms with Gasteiger partial charge in [0.2, 0.25) is 0 Å². The molecule has 10 heteroatoms. The van der Waals surface area contributed by atoms with Crippen LogP contribution in [0.15, 0.2) is 16.6 Å². The summed E-state index contributed by atoms with van der Waals surface area (Å²) >= 11 is 29.1. The smallest absolute Gasteiger partial charge is 0.401 e. The zero-order valence-electron chi connectivity index (χ0n) is 10.1. The van der Waals surface area contributed by atoms with Crippen molar-refractivity contribution in [2.45, 2.75) is 0 Å². The first-order valence-electron chi connectivity index (χ1n) is 4.85. The van der Waals surface area contributed by atoms with Gasteiger partial charge in [-0.25, -0.2) is 4.57 Å². The Bertz CT molecular complexity index is 577. The van der Waals surface area contributed by atoms with Crippen LogP contribution in [0.4, 0.5) is 0 Å². The second kappa shape index (κ2) is 7.57. The standard InChI is InChI=1S/C10H8Cl5O4P/c1-17-20(16,18-2)19-9(10(14)15)5-3-7(12)8(13)4-6(5)11/h3-4H,1-2H3. The number of phosphoric ester groups is 1. The molecule has 0 N–H and O–H groups in total. The Morgan fingerprint density at radius 2 is 1.50 bits per heavy atom. The van der Waals surface area contributed by atoms with Gasteiger partial charge in [-0.05, 0) is 12.1 Å². The second-order valence-electron chi connectivity index (χ2n) is 3.24. The minimum absolute atomic E-state index is 0.145. The summed E-state index contributed by atoms with van der Waals surface area (Å²) in [6, 6.07) is 2.73. The Kier molecular flexibility index (Phi) is 6.97. The molecule has 0 spiro atoms. The van der Waals surface area contributed by atoms with E-state index in [1.54, 1.807) is 0 Å². The van der Waals surface area contributed by atoms with Crippen molar-refractivity contribution in [2.75, 3.05) is 14.2 Å². The molecule has 20 heavy (non-hydrogen) atoms. The maximum absolute atomic E-state index is 12.0. The van der Waals surface area contributed by atoms with E-state index in [9.17, 15) is 4.57 Å². The lowest BCUT2D eigenvalue weighted by Crippen LogP contribution is -1.97. The molecule has 0 aliphatic heterocycles. The molecule has 0 aliphatic rings. The highest BCUT2D eigenvalue weighted by Gasteiger charge is 2.29. The predicted molar refractivity (Wildman–Crippen MR) is 82.8 cm³/mol. The fourth-order valence-corrected chi connectivity index (χ4v) is 2.88. The molecule has 4 nitrogen and oxygen atoms in total. The van der Waals surface area contributed by atoms with Gasteiger partial charge in [-0.1, -0.05) is 58.0 Å². The molecule has 0 amide bonds. The van der Waals surface area contributed by atoms with Crippen LogP contribution in [0, 0.1) is 0 Å². The Morgan fingerprint density at radius 1 is 1.00 bits per heavy atom. The summed E-state index contributed by atoms with van der Waals surface area (Å²) in [6.07, 6.45) is 0. The summed E-state index contributed by atoms with van der Waals surface area (Å²) in [5.41, 5.74) is 0.190. The highest BCUT2D eigenvalue weighted by molar-refractivity contribution is 7.48. The summed E-state index contributed by atoms with van der Waals surface area (Å²) in [5.74, 6) is -0.205. The van der Waals surface area contributed by atoms with Gasteiger partial charge in [-0.2, -0.15) is 0 Å². The van der Waals surface area contributed by atoms with Gasteiger partial charge in [-0.15, -0.1) is 0 Å². The van der Waals surface area contributed by atoms with E-state index in [1.165, 1.54) is 12.1 Å². The van der Waals surface area contributed by atoms with Crippen molar-refractivity contribution in [3.8, 4) is 0 Å². The van der Waals surface area contributed by atoms with Crippen LogP contribution in [0.1, 0.15) is 5.56 Å². The van der Waals surface area contributed by atoms with Gasteiger partial charge in [0.05, 0.1) is 15.1 Å². The van der Waals surface area contributed by atoms with Crippen LogP contribution in [0.3, 0.4) is 0 Å². The summed E-state index contributed by atoms with van der Waals surface area (Å²) in [4.78, 5) is 0. The van der Waals surface area contributed by atoms with Gasteiger partial charge in [0.15, 0.2) is 5.76 Å². The molecule has 0 saturated heterocycles. The van der Waals surface area contributed by atoms with E-state index in [4.69, 9.17) is 62.5 Å². The van der Waals surface area contributed by atoms with E-state index in [1.807, 2.05) is 0 Å². The molecule has 0 aromatic heterocycles. The highest BCUT2D eigenvalue weighted by atomic mass is 35.5. The van der Waals surface area contributed by atoms with Gasteiger partial charge in [-0.3, -0.25) is 9.05 Å². The quantitative estimate of drug-likeness (QED) is 0.337. The summed E-state index contributed by atoms with van der Waals surface area (Å²) in [6.45, 7) is 0. The largest absolute Gasteiger partial charge is 0.529 e. The lowest BCUT2D eigenvalue weighted by atomic mass is 10.2. The Balaban J connectivity index is 3.35. The minimum Gasteiger partial charge on any atom is -0.401 e. The van der Waals surface area contributed by atoms with Crippen molar-refractivity contribution >= 4 is 71.6 Å². The third kappa shape index (κ3) is 4.43. The predicted octanol–water partition coefficient (Wildman–Crippen LogP) is 6.17. The van der Waals surface area contributed by atoms with Crippen molar-refractivity contribution in [1.29, 1.82) is 0 Å². The lowest BCUT2D eigenvalue weighted by molar-refractivity contribution is 0.201. The first-order chi connectivity index (χ1) is 9.24. The minimum atomic E-state index is -3.86. The van der Waals surface area contributed by atoms with E-state index in [-0.39, 0.29) is 30.9 Å². The first-order valence-corrected chi connectivity index (χ1v) is 8.20. The maximum atomic E-state index is 12.0. The average molecular weight is 400 g/mol. The average Bonchev–Trinajstić information content (AvgIpc) is 2.40. The molecule has 112 valence electrons. The summed E-state index contributed by atoms with van der Waals surface area (Å²) < 4.78 is 26.0. The molecule has 0 aliphatic carbocycles. The topological polar surface area (TPSA) is 44.8 Å². The van der Waals surface area contributed by atoms with E-state index >= 15 is 0 Å². The maximum Gasteiger partial charge on any atom is 0.529 e. The molecule has 0 heterocycles. The number of hydrogen-bond acceptors (Lipinski definition) is 4. The Hall–Kier alpha value is 0.360. The van der Waals surface area contributed by atoms with E-state index < -0.39 is 7.82 Å². The molecule has 0 saturated carbocycles. The van der Waals surface area contributed by atoms with Crippen LogP contribution >= 0.6 is 65.8 Å². The summed E-state index contributed by atoms with van der Waals surface area (Å²) in [7, 11) is -1.59. The number of rotatable bonds is 5. The molecule has 0 radical (unpaired) electrons. The highest BCUT2D eigenvalue weighted by Crippen LogP contribution is 2.53. The second-order valence-corrected chi connectivity index (χ2v) is 7.22. The van der Waals surface area contributed by atoms with Gasteiger partial charge >= 0.3 is 7.82 Å². The number of hydrogen-bond donors (Lipinski definition) is 0. The van der Waals surface area contributed by atoms with E-state index in [0.29, 0.717) is 0 Å². The van der Waals surface area contributed by atoms with Crippen LogP contribution in [0.25, 0.3) is 5.76 Å². The zero-order chi connectivity index (χ0) is 15.5. The normalized spacial score (nSPS) is 11.3. The lowest BCUT2D eigenvalue weighted by Gasteiger charge is -2.18. The van der Waals surface area contributed by atoms with Gasteiger partial charge in [0, 0.05) is 19.8 Å². The van der Waals surface area contributed by atoms with Crippen LogP contribution in [0.2, 0.25) is 15.1 Å². The molecular formula is C10H8Cl5O4P. The van der Waals surface area contributed by atoms with Crippen LogP contribution < -0.4 is 0 Å². The third-order valence-electron chi connectivity index (χ3n) is 2.08. The molecule has 1 aromatic carbocycles. The van der Waals surface area contributed by atoms with Gasteiger partial charge < -0.3 is 4.52 Å². The number of halogens is 5. The fourth-order valence-electron chi connectivity index (χ4n) is 1.14. The first kappa shape index (κ1) is 18.4. The summed E-state index contributed by atoms with van der Waals surface area (Å²) in [5, 5.41) is 0.561. The Morgan fingerprint density at radius 3 is 1.95 bits per heavy atom. The van der Waals surface area contributed by atoms with Crippen molar-refractivity contribution in [2.24, 2.45) is 0 Å². The Labute approximate surface area is 141 Å². The molecular weight excluding hydrogens is 392 g/mol. The molecule has 1 aromatic rings. The third-order valence-corrected chi connectivity index (χ3v) is 4.76. The zero-order valence-corrected chi connectivity index (χ0v) is 14.8. The van der Waals surface area contributed by atoms with Crippen molar-refractivity contribution < 1.29 is 18.1 Å². The van der Waals surface area contributed by atoms with Crippen molar-refractivity contribution in [3.63, 3.8) is 0 Å². The van der Waals surface area contributed by atoms with Crippen LogP contribution in [-0.2, 0) is 18.1 Å². The molecule has 0 unspecified atom stereocenters. The SMILES string of the molecule is COP(=O)(OC)OC(=C(Cl)Cl)c1cc(Cl)c(Cl)cc1Cl. The number of phosphoric acid groups is 1. The van der Waals surface area contributed by atoms with Crippen LogP contribution in [0.5, 0.6) is 0 Å². The van der Waals surface area contributed by atoms with Crippen molar-refractivity contribution in [1.82, 2.24) is 0 Å². The molecule has 1 rings (SSSR count). The van der Waals surface area contributed by atoms with E-state index in [2.05, 4.69) is 9.05 Å². The van der Waals surface area contributed by atoms with Crippen molar-refractivity contribution in [3.05, 3.63) is 37.3 Å². The molecule has 0 atom stereocenters. The van der Waals surface area contributed by atoms with E-state index in [0.717, 1.165) is 14.2 Å². The monoisotopic (exact) mass is 398 g/mol. The van der Waals surface area contributed by atoms with Gasteiger partial charge in [0.1, 0.15) is 4.49 Å². The fraction of sp³-hybridized carbons (Fsp3) is 0.200. The van der Waals surface area contributed by atoms with Gasteiger partial charge in [0.25, 0.3) is 0 Å². The van der Waals surface area contributed by atoms with Crippen LogP contribution in [-0.4, -0.2) is 14.2 Å². The molecule has 0 bridgehead atoms.